The SMILES string of the molecule is [N-]=[N+]=NCC[C@H]1COC[C@@H](c2ccc(Br)cc2)N1C(=O)OCc1ccccc1. The number of ether oxygens (including phenoxy) is 2. The highest BCUT2D eigenvalue weighted by Gasteiger charge is 2.36. The maximum atomic E-state index is 13.0. The lowest BCUT2D eigenvalue weighted by atomic mass is 10.0. The zero-order valence-electron chi connectivity index (χ0n) is 15.3. The largest absolute Gasteiger partial charge is 0.445 e. The van der Waals surface area contributed by atoms with Gasteiger partial charge in [0.05, 0.1) is 25.3 Å². The molecule has 0 saturated carbocycles. The zero-order chi connectivity index (χ0) is 19.8. The summed E-state index contributed by atoms with van der Waals surface area (Å²) < 4.78 is 12.3. The second-order valence-corrected chi connectivity index (χ2v) is 7.36. The number of hydrogen-bond acceptors (Lipinski definition) is 4. The van der Waals surface area contributed by atoms with Gasteiger partial charge in [0.15, 0.2) is 0 Å². The second kappa shape index (κ2) is 10.1. The number of azide groups is 1. The molecule has 0 unspecified atom stereocenters. The molecule has 1 aliphatic rings. The predicted molar refractivity (Wildman–Crippen MR) is 109 cm³/mol. The standard InChI is InChI=1S/C20H21BrN4O3/c21-17-8-6-16(7-9-17)19-14-27-13-18(10-11-23-24-22)25(19)20(26)28-12-15-4-2-1-3-5-15/h1-9,18-19H,10-14H2/t18-,19-/m0/s1. The summed E-state index contributed by atoms with van der Waals surface area (Å²) in [5, 5.41) is 3.60. The second-order valence-electron chi connectivity index (χ2n) is 6.45. The summed E-state index contributed by atoms with van der Waals surface area (Å²) in [5.74, 6) is 0. The minimum Gasteiger partial charge on any atom is -0.445 e. The van der Waals surface area contributed by atoms with Crippen LogP contribution in [0.3, 0.4) is 0 Å². The number of carbonyl (C=O) groups is 1. The normalized spacial score (nSPS) is 19.0. The highest BCUT2D eigenvalue weighted by atomic mass is 79.9. The third-order valence-corrected chi connectivity index (χ3v) is 5.14. The molecule has 7 nitrogen and oxygen atoms in total. The molecule has 0 aromatic heterocycles. The van der Waals surface area contributed by atoms with Gasteiger partial charge in [0.2, 0.25) is 0 Å². The maximum absolute atomic E-state index is 13.0. The average Bonchev–Trinajstić information content (AvgIpc) is 2.73. The van der Waals surface area contributed by atoms with Gasteiger partial charge in [0, 0.05) is 15.9 Å². The van der Waals surface area contributed by atoms with Gasteiger partial charge in [-0.3, -0.25) is 4.90 Å². The van der Waals surface area contributed by atoms with Gasteiger partial charge < -0.3 is 9.47 Å². The van der Waals surface area contributed by atoms with Crippen molar-refractivity contribution in [1.29, 1.82) is 0 Å². The van der Waals surface area contributed by atoms with Crippen molar-refractivity contribution < 1.29 is 14.3 Å². The Morgan fingerprint density at radius 3 is 2.68 bits per heavy atom. The number of rotatable bonds is 6. The monoisotopic (exact) mass is 444 g/mol. The van der Waals surface area contributed by atoms with E-state index in [4.69, 9.17) is 15.0 Å². The summed E-state index contributed by atoms with van der Waals surface area (Å²) in [4.78, 5) is 17.5. The number of hydrogen-bond donors (Lipinski definition) is 0. The van der Waals surface area contributed by atoms with Crippen molar-refractivity contribution in [3.63, 3.8) is 0 Å². The quantitative estimate of drug-likeness (QED) is 0.347. The first-order valence-electron chi connectivity index (χ1n) is 9.02. The number of amides is 1. The Labute approximate surface area is 172 Å². The topological polar surface area (TPSA) is 87.5 Å². The molecule has 0 spiro atoms. The Bertz CT molecular complexity index is 825. The highest BCUT2D eigenvalue weighted by molar-refractivity contribution is 9.10. The van der Waals surface area contributed by atoms with Crippen LogP contribution in [-0.4, -0.2) is 36.8 Å². The van der Waals surface area contributed by atoms with E-state index in [9.17, 15) is 4.79 Å². The van der Waals surface area contributed by atoms with Crippen LogP contribution in [0.4, 0.5) is 4.79 Å². The molecule has 1 saturated heterocycles. The van der Waals surface area contributed by atoms with E-state index in [2.05, 4.69) is 26.0 Å². The van der Waals surface area contributed by atoms with E-state index in [1.165, 1.54) is 0 Å². The van der Waals surface area contributed by atoms with Gasteiger partial charge in [0.25, 0.3) is 0 Å². The van der Waals surface area contributed by atoms with E-state index < -0.39 is 6.09 Å². The average molecular weight is 445 g/mol. The summed E-state index contributed by atoms with van der Waals surface area (Å²) in [6, 6.07) is 16.9. The molecule has 1 aliphatic heterocycles. The van der Waals surface area contributed by atoms with Gasteiger partial charge in [-0.15, -0.1) is 0 Å². The molecule has 2 aromatic carbocycles. The maximum Gasteiger partial charge on any atom is 0.411 e. The molecule has 0 N–H and O–H groups in total. The van der Waals surface area contributed by atoms with Crippen LogP contribution in [-0.2, 0) is 16.1 Å². The molecular weight excluding hydrogens is 424 g/mol. The Kier molecular flexibility index (Phi) is 7.31. The van der Waals surface area contributed by atoms with Crippen molar-refractivity contribution in [3.8, 4) is 0 Å². The van der Waals surface area contributed by atoms with E-state index >= 15 is 0 Å². The number of halogens is 1. The first-order chi connectivity index (χ1) is 13.7. The van der Waals surface area contributed by atoms with Crippen molar-refractivity contribution in [1.82, 2.24) is 4.90 Å². The molecule has 2 aromatic rings. The van der Waals surface area contributed by atoms with E-state index in [0.717, 1.165) is 15.6 Å². The van der Waals surface area contributed by atoms with Crippen LogP contribution in [0, 0.1) is 0 Å². The molecule has 1 heterocycles. The molecule has 1 fully saturated rings. The zero-order valence-corrected chi connectivity index (χ0v) is 16.9. The summed E-state index contributed by atoms with van der Waals surface area (Å²) in [5.41, 5.74) is 10.4. The van der Waals surface area contributed by atoms with E-state index in [0.29, 0.717) is 26.2 Å². The molecule has 1 amide bonds. The molecule has 28 heavy (non-hydrogen) atoms. The fourth-order valence-corrected chi connectivity index (χ4v) is 3.48. The van der Waals surface area contributed by atoms with Gasteiger partial charge in [0.1, 0.15) is 6.61 Å². The summed E-state index contributed by atoms with van der Waals surface area (Å²) >= 11 is 3.44. The lowest BCUT2D eigenvalue weighted by Gasteiger charge is -2.41. The number of benzene rings is 2. The van der Waals surface area contributed by atoms with Gasteiger partial charge >= 0.3 is 6.09 Å². The number of carbonyl (C=O) groups excluding carboxylic acids is 1. The summed E-state index contributed by atoms with van der Waals surface area (Å²) in [6.45, 7) is 1.27. The van der Waals surface area contributed by atoms with Crippen molar-refractivity contribution in [2.75, 3.05) is 19.8 Å². The van der Waals surface area contributed by atoms with Crippen LogP contribution >= 0.6 is 15.9 Å². The summed E-state index contributed by atoms with van der Waals surface area (Å²) in [6.07, 6.45) is 0.114. The van der Waals surface area contributed by atoms with E-state index in [-0.39, 0.29) is 18.7 Å². The molecule has 146 valence electrons. The van der Waals surface area contributed by atoms with Crippen molar-refractivity contribution in [2.24, 2.45) is 5.11 Å². The molecule has 2 atom stereocenters. The predicted octanol–water partition coefficient (Wildman–Crippen LogP) is 5.23. The molecule has 3 rings (SSSR count). The molecule has 8 heteroatoms. The first-order valence-corrected chi connectivity index (χ1v) is 9.81. The number of morpholine rings is 1. The molecule has 0 radical (unpaired) electrons. The molecule has 0 bridgehead atoms. The Balaban J connectivity index is 1.79. The lowest BCUT2D eigenvalue weighted by molar-refractivity contribution is -0.0485. The van der Waals surface area contributed by atoms with E-state index in [1.807, 2.05) is 54.6 Å². The van der Waals surface area contributed by atoms with Gasteiger partial charge in [-0.2, -0.15) is 0 Å². The highest BCUT2D eigenvalue weighted by Crippen LogP contribution is 2.30. The van der Waals surface area contributed by atoms with E-state index in [1.54, 1.807) is 4.90 Å². The first kappa shape index (κ1) is 20.2. The fourth-order valence-electron chi connectivity index (χ4n) is 3.22. The Hall–Kier alpha value is -2.54. The molecule has 0 aliphatic carbocycles. The van der Waals surface area contributed by atoms with Crippen molar-refractivity contribution in [3.05, 3.63) is 80.6 Å². The van der Waals surface area contributed by atoms with Crippen LogP contribution in [0.25, 0.3) is 10.4 Å². The van der Waals surface area contributed by atoms with Gasteiger partial charge in [-0.25, -0.2) is 4.79 Å². The number of nitrogens with zero attached hydrogens (tertiary/aromatic N) is 4. The van der Waals surface area contributed by atoms with Crippen LogP contribution in [0.5, 0.6) is 0 Å². The van der Waals surface area contributed by atoms with Crippen LogP contribution < -0.4 is 0 Å². The van der Waals surface area contributed by atoms with Crippen molar-refractivity contribution >= 4 is 22.0 Å². The smallest absolute Gasteiger partial charge is 0.411 e. The summed E-state index contributed by atoms with van der Waals surface area (Å²) in [7, 11) is 0. The van der Waals surface area contributed by atoms with Gasteiger partial charge in [-0.05, 0) is 35.2 Å². The molecular formula is C20H21BrN4O3. The Morgan fingerprint density at radius 1 is 1.21 bits per heavy atom. The fraction of sp³-hybridized carbons (Fsp3) is 0.350. The van der Waals surface area contributed by atoms with Crippen LogP contribution in [0.15, 0.2) is 64.2 Å². The Morgan fingerprint density at radius 2 is 1.96 bits per heavy atom. The third-order valence-electron chi connectivity index (χ3n) is 4.61. The van der Waals surface area contributed by atoms with Crippen LogP contribution in [0.1, 0.15) is 23.6 Å². The van der Waals surface area contributed by atoms with Crippen LogP contribution in [0.2, 0.25) is 0 Å². The lowest BCUT2D eigenvalue weighted by Crippen LogP contribution is -2.51. The minimum absolute atomic E-state index is 0.202. The van der Waals surface area contributed by atoms with Gasteiger partial charge in [-0.1, -0.05) is 63.5 Å². The minimum atomic E-state index is -0.397. The van der Waals surface area contributed by atoms with Crippen molar-refractivity contribution in [2.45, 2.75) is 25.1 Å². The third kappa shape index (κ3) is 5.25.